The first-order chi connectivity index (χ1) is 9.35. The van der Waals surface area contributed by atoms with Gasteiger partial charge in [0.15, 0.2) is 0 Å². The number of ether oxygens (including phenoxy) is 1. The van der Waals surface area contributed by atoms with E-state index in [9.17, 15) is 0 Å². The molecule has 0 saturated heterocycles. The van der Waals surface area contributed by atoms with E-state index in [-0.39, 0.29) is 5.60 Å². The number of rotatable bonds is 1. The minimum atomic E-state index is -0.0298. The molecule has 1 saturated carbocycles. The van der Waals surface area contributed by atoms with Crippen molar-refractivity contribution in [3.05, 3.63) is 28.8 Å². The Hall–Kier alpha value is -0.730. The molecule has 1 aliphatic carbocycles. The predicted octanol–water partition coefficient (Wildman–Crippen LogP) is 4.58. The molecule has 1 aromatic carbocycles. The number of benzene rings is 1. The summed E-state index contributed by atoms with van der Waals surface area (Å²) in [5, 5.41) is 4.23. The monoisotopic (exact) mass is 293 g/mol. The van der Waals surface area contributed by atoms with Gasteiger partial charge in [0.25, 0.3) is 0 Å². The lowest BCUT2D eigenvalue weighted by Crippen LogP contribution is -2.46. The molecule has 1 spiro atoms. The van der Waals surface area contributed by atoms with Crippen LogP contribution >= 0.6 is 11.6 Å². The van der Waals surface area contributed by atoms with Crippen molar-refractivity contribution in [2.45, 2.75) is 51.7 Å². The molecule has 0 radical (unpaired) electrons. The highest BCUT2D eigenvalue weighted by Crippen LogP contribution is 2.55. The van der Waals surface area contributed by atoms with Gasteiger partial charge in [-0.2, -0.15) is 0 Å². The first-order valence-corrected chi connectivity index (χ1v) is 7.89. The molecule has 3 atom stereocenters. The predicted molar refractivity (Wildman–Crippen MR) is 83.4 cm³/mol. The number of hydrogen-bond acceptors (Lipinski definition) is 2. The molecular formula is C17H24ClNO. The third-order valence-corrected chi connectivity index (χ3v) is 5.33. The highest BCUT2D eigenvalue weighted by Gasteiger charge is 2.53. The zero-order valence-corrected chi connectivity index (χ0v) is 13.6. The van der Waals surface area contributed by atoms with E-state index < -0.39 is 0 Å². The van der Waals surface area contributed by atoms with Crippen molar-refractivity contribution < 1.29 is 4.74 Å². The lowest BCUT2D eigenvalue weighted by molar-refractivity contribution is -0.00197. The molecule has 2 aliphatic rings. The highest BCUT2D eigenvalue weighted by molar-refractivity contribution is 6.30. The van der Waals surface area contributed by atoms with Crippen molar-refractivity contribution in [2.24, 2.45) is 11.3 Å². The van der Waals surface area contributed by atoms with Crippen LogP contribution in [0.1, 0.15) is 51.6 Å². The van der Waals surface area contributed by atoms with Crippen LogP contribution in [0, 0.1) is 11.3 Å². The van der Waals surface area contributed by atoms with Crippen LogP contribution in [0.5, 0.6) is 5.75 Å². The van der Waals surface area contributed by atoms with Gasteiger partial charge in [-0.05, 0) is 49.4 Å². The van der Waals surface area contributed by atoms with E-state index in [1.54, 1.807) is 0 Å². The third-order valence-electron chi connectivity index (χ3n) is 5.09. The molecule has 0 aromatic heterocycles. The average Bonchev–Trinajstić information content (AvgIpc) is 2.58. The normalized spacial score (nSPS) is 34.9. The topological polar surface area (TPSA) is 21.3 Å². The van der Waals surface area contributed by atoms with Crippen LogP contribution in [-0.4, -0.2) is 12.6 Å². The maximum absolute atomic E-state index is 6.52. The van der Waals surface area contributed by atoms with E-state index in [4.69, 9.17) is 16.3 Å². The molecular weight excluding hydrogens is 270 g/mol. The van der Waals surface area contributed by atoms with E-state index in [1.165, 1.54) is 12.0 Å². The number of nitrogens with one attached hydrogen (secondary N) is 1. The first-order valence-electron chi connectivity index (χ1n) is 7.51. The second kappa shape index (κ2) is 4.64. The molecule has 110 valence electrons. The van der Waals surface area contributed by atoms with E-state index in [2.05, 4.69) is 26.1 Å². The van der Waals surface area contributed by atoms with E-state index in [1.807, 2.05) is 25.2 Å². The van der Waals surface area contributed by atoms with Crippen molar-refractivity contribution in [1.29, 1.82) is 0 Å². The zero-order chi connectivity index (χ0) is 14.5. The summed E-state index contributed by atoms with van der Waals surface area (Å²) in [7, 11) is 2.03. The minimum Gasteiger partial charge on any atom is -0.487 e. The molecule has 0 amide bonds. The van der Waals surface area contributed by atoms with Gasteiger partial charge in [0.2, 0.25) is 0 Å². The van der Waals surface area contributed by atoms with Gasteiger partial charge in [0, 0.05) is 23.0 Å². The minimum absolute atomic E-state index is 0.0298. The Kier molecular flexibility index (Phi) is 3.30. The van der Waals surface area contributed by atoms with Crippen LogP contribution in [0.25, 0.3) is 0 Å². The van der Waals surface area contributed by atoms with Gasteiger partial charge in [0.1, 0.15) is 11.4 Å². The fraction of sp³-hybridized carbons (Fsp3) is 0.647. The maximum Gasteiger partial charge on any atom is 0.125 e. The summed E-state index contributed by atoms with van der Waals surface area (Å²) in [5.74, 6) is 1.58. The standard InChI is InChI=1S/C17H24ClNO/c1-11-8-16(2,3)10-17(11)9-14(19-4)13-7-12(18)5-6-15(13)20-17/h5-7,11,14,19H,8-10H2,1-4H3. The average molecular weight is 294 g/mol. The van der Waals surface area contributed by atoms with Gasteiger partial charge in [-0.3, -0.25) is 0 Å². The van der Waals surface area contributed by atoms with Gasteiger partial charge in [0.05, 0.1) is 0 Å². The molecule has 1 aromatic rings. The second-order valence-electron chi connectivity index (χ2n) is 7.34. The van der Waals surface area contributed by atoms with Crippen LogP contribution in [0.3, 0.4) is 0 Å². The molecule has 3 rings (SSSR count). The largest absolute Gasteiger partial charge is 0.487 e. The fourth-order valence-corrected chi connectivity index (χ4v) is 4.52. The summed E-state index contributed by atoms with van der Waals surface area (Å²) in [6.07, 6.45) is 3.38. The Labute approximate surface area is 126 Å². The summed E-state index contributed by atoms with van der Waals surface area (Å²) in [4.78, 5) is 0. The summed E-state index contributed by atoms with van der Waals surface area (Å²) in [6, 6.07) is 6.32. The van der Waals surface area contributed by atoms with Crippen LogP contribution in [0.4, 0.5) is 0 Å². The van der Waals surface area contributed by atoms with Gasteiger partial charge in [-0.15, -0.1) is 0 Å². The second-order valence-corrected chi connectivity index (χ2v) is 7.78. The van der Waals surface area contributed by atoms with Crippen LogP contribution in [-0.2, 0) is 0 Å². The molecule has 1 fully saturated rings. The van der Waals surface area contributed by atoms with Gasteiger partial charge in [-0.25, -0.2) is 0 Å². The van der Waals surface area contributed by atoms with Crippen LogP contribution < -0.4 is 10.1 Å². The van der Waals surface area contributed by atoms with Gasteiger partial charge in [-0.1, -0.05) is 32.4 Å². The Morgan fingerprint density at radius 3 is 2.65 bits per heavy atom. The molecule has 2 nitrogen and oxygen atoms in total. The lowest BCUT2D eigenvalue weighted by atomic mass is 9.80. The zero-order valence-electron chi connectivity index (χ0n) is 12.8. The van der Waals surface area contributed by atoms with Gasteiger partial charge < -0.3 is 10.1 Å². The van der Waals surface area contributed by atoms with Gasteiger partial charge >= 0.3 is 0 Å². The van der Waals surface area contributed by atoms with Crippen molar-refractivity contribution in [1.82, 2.24) is 5.32 Å². The molecule has 1 N–H and O–H groups in total. The fourth-order valence-electron chi connectivity index (χ4n) is 4.34. The Bertz CT molecular complexity index is 528. The third kappa shape index (κ3) is 2.23. The van der Waals surface area contributed by atoms with E-state index in [0.29, 0.717) is 17.4 Å². The first kappa shape index (κ1) is 14.2. The lowest BCUT2D eigenvalue weighted by Gasteiger charge is -2.43. The Balaban J connectivity index is 2.01. The molecule has 3 heteroatoms. The number of fused-ring (bicyclic) bond motifs is 1. The Morgan fingerprint density at radius 1 is 1.30 bits per heavy atom. The highest BCUT2D eigenvalue weighted by atomic mass is 35.5. The Morgan fingerprint density at radius 2 is 2.05 bits per heavy atom. The molecule has 20 heavy (non-hydrogen) atoms. The maximum atomic E-state index is 6.52. The summed E-state index contributed by atoms with van der Waals surface area (Å²) >= 11 is 6.14. The molecule has 3 unspecified atom stereocenters. The summed E-state index contributed by atoms with van der Waals surface area (Å²) in [5.41, 5.74) is 1.53. The number of hydrogen-bond donors (Lipinski definition) is 1. The molecule has 1 aliphatic heterocycles. The van der Waals surface area contributed by atoms with Crippen LogP contribution in [0.15, 0.2) is 18.2 Å². The van der Waals surface area contributed by atoms with E-state index >= 15 is 0 Å². The smallest absolute Gasteiger partial charge is 0.125 e. The molecule has 0 bridgehead atoms. The summed E-state index contributed by atoms with van der Waals surface area (Å²) < 4.78 is 6.52. The van der Waals surface area contributed by atoms with Crippen molar-refractivity contribution in [2.75, 3.05) is 7.05 Å². The van der Waals surface area contributed by atoms with Crippen molar-refractivity contribution in [3.63, 3.8) is 0 Å². The van der Waals surface area contributed by atoms with E-state index in [0.717, 1.165) is 23.6 Å². The summed E-state index contributed by atoms with van der Waals surface area (Å²) in [6.45, 7) is 7.04. The van der Waals surface area contributed by atoms with Crippen LogP contribution in [0.2, 0.25) is 5.02 Å². The molecule has 1 heterocycles. The number of halogens is 1. The van der Waals surface area contributed by atoms with Crippen molar-refractivity contribution >= 4 is 11.6 Å². The quantitative estimate of drug-likeness (QED) is 0.818. The van der Waals surface area contributed by atoms with Crippen molar-refractivity contribution in [3.8, 4) is 5.75 Å². The SMILES string of the molecule is CNC1CC2(CC(C)(C)CC2C)Oc2ccc(Cl)cc21.